The van der Waals surface area contributed by atoms with Gasteiger partial charge in [0.1, 0.15) is 12.3 Å². The zero-order valence-electron chi connectivity index (χ0n) is 14.6. The number of hydrogen-bond acceptors (Lipinski definition) is 3. The van der Waals surface area contributed by atoms with Gasteiger partial charge in [0.2, 0.25) is 0 Å². The summed E-state index contributed by atoms with van der Waals surface area (Å²) in [6, 6.07) is 15.3. The highest BCUT2D eigenvalue weighted by Gasteiger charge is 2.16. The first-order valence-electron chi connectivity index (χ1n) is 8.23. The summed E-state index contributed by atoms with van der Waals surface area (Å²) in [5.74, 6) is 0.624. The maximum atomic E-state index is 13.4. The van der Waals surface area contributed by atoms with Gasteiger partial charge in [0.15, 0.2) is 10.5 Å². The van der Waals surface area contributed by atoms with Crippen LogP contribution in [0.15, 0.2) is 62.8 Å². The summed E-state index contributed by atoms with van der Waals surface area (Å²) in [6.07, 6.45) is 0. The zero-order valence-corrected chi connectivity index (χ0v) is 15.5. The summed E-state index contributed by atoms with van der Waals surface area (Å²) in [7, 11) is 0. The van der Waals surface area contributed by atoms with Gasteiger partial charge in [-0.3, -0.25) is 4.79 Å². The first kappa shape index (κ1) is 17.7. The lowest BCUT2D eigenvalue weighted by Crippen LogP contribution is -2.10. The SMILES string of the molecule is CC(C)(C)c1ccc(CSc2oc3ccccc3c(=O)c2CF)cc1. The van der Waals surface area contributed by atoms with E-state index in [1.54, 1.807) is 24.3 Å². The number of rotatable bonds is 4. The van der Waals surface area contributed by atoms with Gasteiger partial charge in [-0.15, -0.1) is 0 Å². The molecule has 2 nitrogen and oxygen atoms in total. The van der Waals surface area contributed by atoms with Gasteiger partial charge in [-0.2, -0.15) is 0 Å². The molecule has 2 aromatic carbocycles. The molecule has 0 aliphatic carbocycles. The lowest BCUT2D eigenvalue weighted by atomic mass is 9.87. The Kier molecular flexibility index (Phi) is 5.00. The maximum Gasteiger partial charge on any atom is 0.199 e. The van der Waals surface area contributed by atoms with E-state index in [1.807, 2.05) is 0 Å². The van der Waals surface area contributed by atoms with E-state index in [0.29, 0.717) is 21.8 Å². The Labute approximate surface area is 151 Å². The maximum absolute atomic E-state index is 13.4. The molecule has 0 aliphatic rings. The molecule has 0 saturated heterocycles. The monoisotopic (exact) mass is 356 g/mol. The van der Waals surface area contributed by atoms with E-state index in [2.05, 4.69) is 45.0 Å². The molecule has 0 amide bonds. The van der Waals surface area contributed by atoms with Gasteiger partial charge in [0.05, 0.1) is 10.9 Å². The van der Waals surface area contributed by atoms with Gasteiger partial charge in [-0.1, -0.05) is 68.9 Å². The summed E-state index contributed by atoms with van der Waals surface area (Å²) in [5.41, 5.74) is 2.81. The second kappa shape index (κ2) is 7.04. The molecule has 3 aromatic rings. The molecule has 0 bridgehead atoms. The molecular formula is C21H21FO2S. The van der Waals surface area contributed by atoms with Crippen LogP contribution in [0.5, 0.6) is 0 Å². The molecule has 0 N–H and O–H groups in total. The van der Waals surface area contributed by atoms with Crippen LogP contribution in [0, 0.1) is 0 Å². The van der Waals surface area contributed by atoms with Crippen LogP contribution in [0.1, 0.15) is 37.5 Å². The van der Waals surface area contributed by atoms with Gasteiger partial charge in [-0.25, -0.2) is 4.39 Å². The Bertz CT molecular complexity index is 937. The van der Waals surface area contributed by atoms with Crippen LogP contribution in [0.3, 0.4) is 0 Å². The van der Waals surface area contributed by atoms with Crippen molar-refractivity contribution >= 4 is 22.7 Å². The number of para-hydroxylation sites is 1. The van der Waals surface area contributed by atoms with E-state index in [1.165, 1.54) is 17.3 Å². The van der Waals surface area contributed by atoms with Crippen molar-refractivity contribution in [2.45, 2.75) is 43.7 Å². The van der Waals surface area contributed by atoms with Crippen LogP contribution in [-0.4, -0.2) is 0 Å². The number of fused-ring (bicyclic) bond motifs is 1. The highest BCUT2D eigenvalue weighted by molar-refractivity contribution is 7.98. The van der Waals surface area contributed by atoms with E-state index < -0.39 is 6.67 Å². The second-order valence-corrected chi connectivity index (χ2v) is 8.01. The third-order valence-electron chi connectivity index (χ3n) is 4.18. The van der Waals surface area contributed by atoms with Crippen molar-refractivity contribution in [3.8, 4) is 0 Å². The van der Waals surface area contributed by atoms with E-state index in [-0.39, 0.29) is 16.4 Å². The topological polar surface area (TPSA) is 30.2 Å². The molecule has 1 aromatic heterocycles. The largest absolute Gasteiger partial charge is 0.449 e. The molecule has 130 valence electrons. The highest BCUT2D eigenvalue weighted by Crippen LogP contribution is 2.29. The summed E-state index contributed by atoms with van der Waals surface area (Å²) in [6.45, 7) is 5.70. The number of thioether (sulfide) groups is 1. The van der Waals surface area contributed by atoms with Crippen molar-refractivity contribution in [1.29, 1.82) is 0 Å². The van der Waals surface area contributed by atoms with Gasteiger partial charge in [-0.05, 0) is 28.7 Å². The fourth-order valence-electron chi connectivity index (χ4n) is 2.64. The molecule has 0 radical (unpaired) electrons. The molecule has 1 heterocycles. The van der Waals surface area contributed by atoms with Crippen LogP contribution in [0.25, 0.3) is 11.0 Å². The minimum Gasteiger partial charge on any atom is -0.449 e. The van der Waals surface area contributed by atoms with E-state index >= 15 is 0 Å². The fraction of sp³-hybridized carbons (Fsp3) is 0.286. The van der Waals surface area contributed by atoms with E-state index in [9.17, 15) is 9.18 Å². The predicted octanol–water partition coefficient (Wildman–Crippen LogP) is 5.85. The van der Waals surface area contributed by atoms with Gasteiger partial charge < -0.3 is 4.42 Å². The first-order chi connectivity index (χ1) is 11.9. The summed E-state index contributed by atoms with van der Waals surface area (Å²) in [4.78, 5) is 12.4. The van der Waals surface area contributed by atoms with Crippen molar-refractivity contribution in [3.63, 3.8) is 0 Å². The van der Waals surface area contributed by atoms with Crippen molar-refractivity contribution in [3.05, 3.63) is 75.4 Å². The van der Waals surface area contributed by atoms with Gasteiger partial charge >= 0.3 is 0 Å². The molecule has 0 unspecified atom stereocenters. The van der Waals surface area contributed by atoms with E-state index in [0.717, 1.165) is 5.56 Å². The van der Waals surface area contributed by atoms with Crippen LogP contribution >= 0.6 is 11.8 Å². The number of halogens is 1. The van der Waals surface area contributed by atoms with Gasteiger partial charge in [0.25, 0.3) is 0 Å². The molecule has 0 spiro atoms. The third kappa shape index (κ3) is 3.79. The molecule has 0 saturated carbocycles. The molecule has 0 fully saturated rings. The molecular weight excluding hydrogens is 335 g/mol. The lowest BCUT2D eigenvalue weighted by Gasteiger charge is -2.19. The molecule has 3 rings (SSSR count). The molecule has 0 atom stereocenters. The quantitative estimate of drug-likeness (QED) is 0.549. The average Bonchev–Trinajstić information content (AvgIpc) is 2.60. The Morgan fingerprint density at radius 2 is 1.72 bits per heavy atom. The van der Waals surface area contributed by atoms with Crippen molar-refractivity contribution in [2.24, 2.45) is 0 Å². The minimum absolute atomic E-state index is 0.106. The Balaban J connectivity index is 1.87. The number of alkyl halides is 1. The second-order valence-electron chi connectivity index (χ2n) is 7.06. The minimum atomic E-state index is -0.821. The smallest absolute Gasteiger partial charge is 0.199 e. The van der Waals surface area contributed by atoms with Crippen LogP contribution in [-0.2, 0) is 17.8 Å². The van der Waals surface area contributed by atoms with Crippen LogP contribution in [0.4, 0.5) is 4.39 Å². The van der Waals surface area contributed by atoms with Gasteiger partial charge in [0, 0.05) is 5.75 Å². The van der Waals surface area contributed by atoms with E-state index in [4.69, 9.17) is 4.42 Å². The summed E-state index contributed by atoms with van der Waals surface area (Å²) < 4.78 is 19.2. The predicted molar refractivity (Wildman–Crippen MR) is 102 cm³/mol. The fourth-order valence-corrected chi connectivity index (χ4v) is 3.60. The van der Waals surface area contributed by atoms with Crippen LogP contribution in [0.2, 0.25) is 0 Å². The Morgan fingerprint density at radius 1 is 1.04 bits per heavy atom. The van der Waals surface area contributed by atoms with Crippen molar-refractivity contribution < 1.29 is 8.81 Å². The Hall–Kier alpha value is -2.07. The molecule has 25 heavy (non-hydrogen) atoms. The number of benzene rings is 2. The van der Waals surface area contributed by atoms with Crippen molar-refractivity contribution in [2.75, 3.05) is 0 Å². The lowest BCUT2D eigenvalue weighted by molar-refractivity contribution is 0.428. The third-order valence-corrected chi connectivity index (χ3v) is 5.25. The molecule has 0 aliphatic heterocycles. The normalized spacial score (nSPS) is 11.8. The standard InChI is InChI=1S/C21H21FO2S/c1-21(2,3)15-10-8-14(9-11-15)13-25-20-17(12-22)19(23)16-6-4-5-7-18(16)24-20/h4-11H,12-13H2,1-3H3. The molecule has 4 heteroatoms. The van der Waals surface area contributed by atoms with Crippen LogP contribution < -0.4 is 5.43 Å². The highest BCUT2D eigenvalue weighted by atomic mass is 32.2. The van der Waals surface area contributed by atoms with Crippen molar-refractivity contribution in [1.82, 2.24) is 0 Å². The number of hydrogen-bond donors (Lipinski definition) is 0. The zero-order chi connectivity index (χ0) is 18.0. The Morgan fingerprint density at radius 3 is 2.36 bits per heavy atom. The first-order valence-corrected chi connectivity index (χ1v) is 9.21. The summed E-state index contributed by atoms with van der Waals surface area (Å²) >= 11 is 1.36. The summed E-state index contributed by atoms with van der Waals surface area (Å²) in [5, 5.41) is 0.792. The average molecular weight is 356 g/mol.